The van der Waals surface area contributed by atoms with Gasteiger partial charge in [-0.2, -0.15) is 0 Å². The number of nitrogens with one attached hydrogen (secondary N) is 1. The maximum Gasteiger partial charge on any atom is 0.254 e. The lowest BCUT2D eigenvalue weighted by Gasteiger charge is -2.34. The van der Waals surface area contributed by atoms with Crippen molar-refractivity contribution in [2.24, 2.45) is 11.8 Å². The molecule has 1 saturated heterocycles. The first-order valence-electron chi connectivity index (χ1n) is 16.7. The SMILES string of the molecule is COCCCOc1cc(C(=O)N(CC2CNCC2CN(C(=O)Cc2cccc(-c3cccc(F)c3)c2)C2CC2)C(C)C)ccc1OC. The minimum absolute atomic E-state index is 0.0107. The van der Waals surface area contributed by atoms with Crippen LogP contribution in [0.25, 0.3) is 11.1 Å². The first-order valence-corrected chi connectivity index (χ1v) is 16.7. The van der Waals surface area contributed by atoms with Crippen molar-refractivity contribution in [3.05, 3.63) is 83.7 Å². The van der Waals surface area contributed by atoms with Gasteiger partial charge in [0.15, 0.2) is 11.5 Å². The third-order valence-electron chi connectivity index (χ3n) is 9.14. The number of hydrogen-bond acceptors (Lipinski definition) is 6. The molecule has 2 aliphatic rings. The molecule has 1 saturated carbocycles. The van der Waals surface area contributed by atoms with Gasteiger partial charge in [-0.05, 0) is 85.5 Å². The zero-order valence-corrected chi connectivity index (χ0v) is 28.0. The molecule has 2 amide bonds. The van der Waals surface area contributed by atoms with Crippen molar-refractivity contribution in [2.75, 3.05) is 53.6 Å². The van der Waals surface area contributed by atoms with Gasteiger partial charge < -0.3 is 29.3 Å². The standard InChI is InChI=1S/C38H48FN3O5/c1-26(2)41(38(44)30-12-15-35(46-4)36(21-30)47-17-7-16-45-3)24-31-22-40-23-32(31)25-42(34-13-14-34)37(43)19-27-8-5-9-28(18-27)29-10-6-11-33(39)20-29/h5-6,8-12,15,18,20-21,26,31-32,34,40H,7,13-14,16-17,19,22-25H2,1-4H3. The smallest absolute Gasteiger partial charge is 0.254 e. The van der Waals surface area contributed by atoms with E-state index >= 15 is 0 Å². The molecule has 3 aromatic carbocycles. The van der Waals surface area contributed by atoms with Crippen molar-refractivity contribution >= 4 is 11.8 Å². The minimum Gasteiger partial charge on any atom is -0.493 e. The number of carbonyl (C=O) groups excluding carboxylic acids is 2. The average Bonchev–Trinajstić information content (AvgIpc) is 3.82. The van der Waals surface area contributed by atoms with Crippen LogP contribution in [0, 0.1) is 17.7 Å². The van der Waals surface area contributed by atoms with E-state index in [2.05, 4.69) is 10.2 Å². The molecule has 5 rings (SSSR count). The summed E-state index contributed by atoms with van der Waals surface area (Å²) < 4.78 is 30.4. The maximum absolute atomic E-state index is 13.9. The van der Waals surface area contributed by atoms with E-state index in [9.17, 15) is 14.0 Å². The molecule has 3 aromatic rings. The van der Waals surface area contributed by atoms with E-state index in [1.807, 2.05) is 49.1 Å². The molecule has 1 aliphatic carbocycles. The molecule has 2 fully saturated rings. The van der Waals surface area contributed by atoms with Gasteiger partial charge in [-0.3, -0.25) is 9.59 Å². The molecule has 1 aliphatic heterocycles. The Morgan fingerprint density at radius 1 is 0.894 bits per heavy atom. The summed E-state index contributed by atoms with van der Waals surface area (Å²) in [6.07, 6.45) is 3.07. The second-order valence-corrected chi connectivity index (χ2v) is 13.0. The van der Waals surface area contributed by atoms with E-state index < -0.39 is 0 Å². The Morgan fingerprint density at radius 2 is 1.62 bits per heavy atom. The molecule has 2 unspecified atom stereocenters. The number of methoxy groups -OCH3 is 2. The Morgan fingerprint density at radius 3 is 2.30 bits per heavy atom. The van der Waals surface area contributed by atoms with Gasteiger partial charge in [0, 0.05) is 64.0 Å². The summed E-state index contributed by atoms with van der Waals surface area (Å²) in [6, 6.07) is 19.9. The van der Waals surface area contributed by atoms with Crippen molar-refractivity contribution in [3.63, 3.8) is 0 Å². The van der Waals surface area contributed by atoms with E-state index in [1.54, 1.807) is 38.5 Å². The van der Waals surface area contributed by atoms with Crippen LogP contribution < -0.4 is 14.8 Å². The first kappa shape index (κ1) is 34.4. The second-order valence-electron chi connectivity index (χ2n) is 13.0. The highest BCUT2D eigenvalue weighted by molar-refractivity contribution is 5.95. The van der Waals surface area contributed by atoms with Gasteiger partial charge >= 0.3 is 0 Å². The normalized spacial score (nSPS) is 17.5. The van der Waals surface area contributed by atoms with Gasteiger partial charge in [0.05, 0.1) is 20.1 Å². The molecule has 47 heavy (non-hydrogen) atoms. The van der Waals surface area contributed by atoms with Crippen LogP contribution >= 0.6 is 0 Å². The molecular weight excluding hydrogens is 597 g/mol. The van der Waals surface area contributed by atoms with Gasteiger partial charge in [-0.15, -0.1) is 0 Å². The summed E-state index contributed by atoms with van der Waals surface area (Å²) >= 11 is 0. The Labute approximate surface area is 278 Å². The summed E-state index contributed by atoms with van der Waals surface area (Å²) in [5, 5.41) is 3.53. The molecule has 0 spiro atoms. The predicted molar refractivity (Wildman–Crippen MR) is 181 cm³/mol. The topological polar surface area (TPSA) is 80.3 Å². The van der Waals surface area contributed by atoms with Crippen molar-refractivity contribution in [2.45, 2.75) is 51.6 Å². The quantitative estimate of drug-likeness (QED) is 0.197. The number of hydrogen-bond donors (Lipinski definition) is 1. The monoisotopic (exact) mass is 645 g/mol. The van der Waals surface area contributed by atoms with Crippen LogP contribution in [-0.2, 0) is 16.0 Å². The van der Waals surface area contributed by atoms with Gasteiger partial charge in [0.2, 0.25) is 5.91 Å². The zero-order chi connectivity index (χ0) is 33.3. The maximum atomic E-state index is 13.9. The van der Waals surface area contributed by atoms with Crippen LogP contribution in [0.2, 0.25) is 0 Å². The molecule has 1 N–H and O–H groups in total. The molecule has 0 aromatic heterocycles. The van der Waals surface area contributed by atoms with Crippen LogP contribution in [0.1, 0.15) is 49.0 Å². The average molecular weight is 646 g/mol. The lowest BCUT2D eigenvalue weighted by Crippen LogP contribution is -2.45. The fourth-order valence-corrected chi connectivity index (χ4v) is 6.37. The highest BCUT2D eigenvalue weighted by Gasteiger charge is 2.38. The third-order valence-corrected chi connectivity index (χ3v) is 9.14. The van der Waals surface area contributed by atoms with Crippen molar-refractivity contribution in [1.29, 1.82) is 0 Å². The van der Waals surface area contributed by atoms with Gasteiger partial charge in [-0.25, -0.2) is 4.39 Å². The Hall–Kier alpha value is -3.95. The molecule has 9 heteroatoms. The number of amides is 2. The molecule has 252 valence electrons. The highest BCUT2D eigenvalue weighted by Crippen LogP contribution is 2.32. The summed E-state index contributed by atoms with van der Waals surface area (Å²) in [6.45, 7) is 7.97. The predicted octanol–water partition coefficient (Wildman–Crippen LogP) is 5.84. The Bertz CT molecular complexity index is 1510. The van der Waals surface area contributed by atoms with Gasteiger partial charge in [0.25, 0.3) is 5.91 Å². The van der Waals surface area contributed by atoms with Crippen molar-refractivity contribution < 1.29 is 28.2 Å². The number of rotatable bonds is 16. The zero-order valence-electron chi connectivity index (χ0n) is 28.0. The summed E-state index contributed by atoms with van der Waals surface area (Å²) in [5.74, 6) is 1.33. The van der Waals surface area contributed by atoms with Crippen LogP contribution in [0.5, 0.6) is 11.5 Å². The van der Waals surface area contributed by atoms with Crippen LogP contribution in [0.4, 0.5) is 4.39 Å². The molecule has 0 bridgehead atoms. The van der Waals surface area contributed by atoms with Crippen LogP contribution in [0.3, 0.4) is 0 Å². The molecule has 8 nitrogen and oxygen atoms in total. The van der Waals surface area contributed by atoms with E-state index in [4.69, 9.17) is 14.2 Å². The Kier molecular flexibility index (Phi) is 11.9. The van der Waals surface area contributed by atoms with Gasteiger partial charge in [0.1, 0.15) is 5.82 Å². The lowest BCUT2D eigenvalue weighted by atomic mass is 9.93. The van der Waals surface area contributed by atoms with E-state index in [0.717, 1.165) is 49.0 Å². The minimum atomic E-state index is -0.280. The molecular formula is C38H48FN3O5. The summed E-state index contributed by atoms with van der Waals surface area (Å²) in [7, 11) is 3.25. The van der Waals surface area contributed by atoms with Crippen molar-refractivity contribution in [3.8, 4) is 22.6 Å². The number of halogens is 1. The fraction of sp³-hybridized carbons (Fsp3) is 0.474. The van der Waals surface area contributed by atoms with Gasteiger partial charge in [-0.1, -0.05) is 36.4 Å². The van der Waals surface area contributed by atoms with Crippen molar-refractivity contribution in [1.82, 2.24) is 15.1 Å². The molecule has 2 atom stereocenters. The second kappa shape index (κ2) is 16.2. The largest absolute Gasteiger partial charge is 0.493 e. The van der Waals surface area contributed by atoms with E-state index in [-0.39, 0.29) is 41.6 Å². The molecule has 0 radical (unpaired) electrons. The number of nitrogens with zero attached hydrogens (tertiary/aromatic N) is 2. The molecule has 1 heterocycles. The number of benzene rings is 3. The highest BCUT2D eigenvalue weighted by atomic mass is 19.1. The third kappa shape index (κ3) is 9.11. The fourth-order valence-electron chi connectivity index (χ4n) is 6.37. The summed E-state index contributed by atoms with van der Waals surface area (Å²) in [4.78, 5) is 31.7. The van der Waals surface area contributed by atoms with E-state index in [0.29, 0.717) is 49.8 Å². The van der Waals surface area contributed by atoms with Crippen LogP contribution in [-0.4, -0.2) is 87.3 Å². The number of carbonyl (C=O) groups is 2. The summed E-state index contributed by atoms with van der Waals surface area (Å²) in [5.41, 5.74) is 3.16. The Balaban J connectivity index is 1.25. The van der Waals surface area contributed by atoms with E-state index in [1.165, 1.54) is 12.1 Å². The first-order chi connectivity index (χ1) is 22.8. The number of ether oxygens (including phenoxy) is 3. The lowest BCUT2D eigenvalue weighted by molar-refractivity contribution is -0.131. The van der Waals surface area contributed by atoms with Crippen LogP contribution in [0.15, 0.2) is 66.7 Å².